The van der Waals surface area contributed by atoms with Gasteiger partial charge >= 0.3 is 0 Å². The molecule has 0 aromatic heterocycles. The number of hydrogen-bond acceptors (Lipinski definition) is 2. The first-order valence-electron chi connectivity index (χ1n) is 8.89. The highest BCUT2D eigenvalue weighted by Gasteiger charge is 2.19. The van der Waals surface area contributed by atoms with E-state index in [4.69, 9.17) is 5.41 Å². The molecular formula is C21H29N3. The summed E-state index contributed by atoms with van der Waals surface area (Å²) in [5.41, 5.74) is 3.62. The van der Waals surface area contributed by atoms with E-state index in [9.17, 15) is 0 Å². The third kappa shape index (κ3) is 4.93. The van der Waals surface area contributed by atoms with Crippen LogP contribution in [0.2, 0.25) is 0 Å². The maximum absolute atomic E-state index is 8.39. The smallest absolute Gasteiger partial charge is 0.128 e. The molecule has 0 amide bonds. The van der Waals surface area contributed by atoms with Crippen LogP contribution >= 0.6 is 0 Å². The predicted octanol–water partition coefficient (Wildman–Crippen LogP) is 4.16. The first-order valence-corrected chi connectivity index (χ1v) is 8.89. The van der Waals surface area contributed by atoms with Crippen LogP contribution in [-0.4, -0.2) is 41.8 Å². The number of benzene rings is 2. The minimum atomic E-state index is 0.652. The Labute approximate surface area is 146 Å². The van der Waals surface area contributed by atoms with Gasteiger partial charge in [-0.25, -0.2) is 0 Å². The normalized spacial score (nSPS) is 14.7. The standard InChI is InChI=1S/C19H23N3.C2H6/c1-16-7-9-18(10-8-16)19(20)22-13-11-21(12-14-22)15-17-5-3-2-4-6-17;1-2/h2-10,20H,11-15H2,1H3;1-2H3. The van der Waals surface area contributed by atoms with Gasteiger partial charge < -0.3 is 4.90 Å². The highest BCUT2D eigenvalue weighted by atomic mass is 15.3. The molecule has 0 aliphatic carbocycles. The number of nitrogens with zero attached hydrogens (tertiary/aromatic N) is 2. The van der Waals surface area contributed by atoms with Crippen LogP contribution in [0, 0.1) is 12.3 Å². The first kappa shape index (κ1) is 18.2. The van der Waals surface area contributed by atoms with Crippen molar-refractivity contribution in [2.24, 2.45) is 0 Å². The van der Waals surface area contributed by atoms with Crippen LogP contribution in [0.4, 0.5) is 0 Å². The molecule has 24 heavy (non-hydrogen) atoms. The second-order valence-electron chi connectivity index (χ2n) is 5.96. The largest absolute Gasteiger partial charge is 0.354 e. The van der Waals surface area contributed by atoms with Gasteiger partial charge in [-0.05, 0) is 12.5 Å². The van der Waals surface area contributed by atoms with Crippen LogP contribution < -0.4 is 0 Å². The highest BCUT2D eigenvalue weighted by Crippen LogP contribution is 2.12. The summed E-state index contributed by atoms with van der Waals surface area (Å²) in [6.07, 6.45) is 0. The lowest BCUT2D eigenvalue weighted by molar-refractivity contribution is 0.175. The second-order valence-corrected chi connectivity index (χ2v) is 5.96. The van der Waals surface area contributed by atoms with E-state index in [1.807, 2.05) is 26.0 Å². The molecule has 1 aliphatic heterocycles. The maximum atomic E-state index is 8.39. The van der Waals surface area contributed by atoms with E-state index < -0.39 is 0 Å². The fourth-order valence-electron chi connectivity index (χ4n) is 2.87. The molecule has 1 fully saturated rings. The third-order valence-electron chi connectivity index (χ3n) is 4.26. The zero-order valence-corrected chi connectivity index (χ0v) is 15.1. The van der Waals surface area contributed by atoms with Crippen LogP contribution in [0.5, 0.6) is 0 Å². The van der Waals surface area contributed by atoms with Crippen molar-refractivity contribution < 1.29 is 0 Å². The summed E-state index contributed by atoms with van der Waals surface area (Å²) in [6.45, 7) is 11.0. The van der Waals surface area contributed by atoms with Crippen LogP contribution in [-0.2, 0) is 6.54 Å². The number of amidine groups is 1. The van der Waals surface area contributed by atoms with Crippen molar-refractivity contribution in [2.75, 3.05) is 26.2 Å². The fourth-order valence-corrected chi connectivity index (χ4v) is 2.87. The van der Waals surface area contributed by atoms with Crippen LogP contribution in [0.15, 0.2) is 54.6 Å². The van der Waals surface area contributed by atoms with Crippen molar-refractivity contribution in [3.8, 4) is 0 Å². The van der Waals surface area contributed by atoms with Gasteiger partial charge in [0.1, 0.15) is 5.84 Å². The summed E-state index contributed by atoms with van der Waals surface area (Å²) >= 11 is 0. The quantitative estimate of drug-likeness (QED) is 0.679. The number of aryl methyl sites for hydroxylation is 1. The number of nitrogens with one attached hydrogen (secondary N) is 1. The van der Waals surface area contributed by atoms with Crippen molar-refractivity contribution in [3.05, 3.63) is 71.3 Å². The molecule has 3 rings (SSSR count). The zero-order chi connectivity index (χ0) is 17.4. The lowest BCUT2D eigenvalue weighted by Crippen LogP contribution is -2.48. The van der Waals surface area contributed by atoms with E-state index in [1.165, 1.54) is 11.1 Å². The van der Waals surface area contributed by atoms with Crippen molar-refractivity contribution in [1.82, 2.24) is 9.80 Å². The highest BCUT2D eigenvalue weighted by molar-refractivity contribution is 5.96. The molecule has 2 aromatic rings. The van der Waals surface area contributed by atoms with Gasteiger partial charge in [-0.3, -0.25) is 10.3 Å². The molecule has 2 aromatic carbocycles. The van der Waals surface area contributed by atoms with E-state index in [2.05, 4.69) is 59.2 Å². The second kappa shape index (κ2) is 9.24. The lowest BCUT2D eigenvalue weighted by atomic mass is 10.1. The summed E-state index contributed by atoms with van der Waals surface area (Å²) in [5, 5.41) is 8.39. The molecule has 0 saturated carbocycles. The monoisotopic (exact) mass is 323 g/mol. The summed E-state index contributed by atoms with van der Waals surface area (Å²) in [7, 11) is 0. The van der Waals surface area contributed by atoms with Gasteiger partial charge in [0.25, 0.3) is 0 Å². The van der Waals surface area contributed by atoms with Gasteiger partial charge in [-0.2, -0.15) is 0 Å². The molecule has 3 nitrogen and oxygen atoms in total. The van der Waals surface area contributed by atoms with Crippen LogP contribution in [0.25, 0.3) is 0 Å². The van der Waals surface area contributed by atoms with Gasteiger partial charge in [0, 0.05) is 38.3 Å². The van der Waals surface area contributed by atoms with Crippen LogP contribution in [0.1, 0.15) is 30.5 Å². The van der Waals surface area contributed by atoms with Gasteiger partial charge in [0.2, 0.25) is 0 Å². The Morgan fingerprint density at radius 3 is 2.04 bits per heavy atom. The van der Waals surface area contributed by atoms with E-state index in [-0.39, 0.29) is 0 Å². The Kier molecular flexibility index (Phi) is 7.01. The van der Waals surface area contributed by atoms with Gasteiger partial charge in [0.05, 0.1) is 0 Å². The van der Waals surface area contributed by atoms with Crippen molar-refractivity contribution in [1.29, 1.82) is 5.41 Å². The molecule has 0 unspecified atom stereocenters. The Morgan fingerprint density at radius 1 is 0.875 bits per heavy atom. The van der Waals surface area contributed by atoms with Crippen molar-refractivity contribution >= 4 is 5.84 Å². The Bertz CT molecular complexity index is 611. The van der Waals surface area contributed by atoms with Crippen molar-refractivity contribution in [2.45, 2.75) is 27.3 Å². The zero-order valence-electron chi connectivity index (χ0n) is 15.1. The summed E-state index contributed by atoms with van der Waals surface area (Å²) in [5.74, 6) is 0.652. The molecule has 0 atom stereocenters. The van der Waals surface area contributed by atoms with Gasteiger partial charge in [0.15, 0.2) is 0 Å². The molecule has 1 heterocycles. The van der Waals surface area contributed by atoms with E-state index in [0.29, 0.717) is 5.84 Å². The van der Waals surface area contributed by atoms with E-state index >= 15 is 0 Å². The molecule has 1 saturated heterocycles. The topological polar surface area (TPSA) is 30.3 Å². The van der Waals surface area contributed by atoms with Gasteiger partial charge in [-0.15, -0.1) is 0 Å². The maximum Gasteiger partial charge on any atom is 0.128 e. The number of hydrogen-bond donors (Lipinski definition) is 1. The Balaban J connectivity index is 0.00000100. The molecule has 1 N–H and O–H groups in total. The fraction of sp³-hybridized carbons (Fsp3) is 0.381. The molecule has 128 valence electrons. The average Bonchev–Trinajstić information content (AvgIpc) is 2.65. The number of piperazine rings is 1. The summed E-state index contributed by atoms with van der Waals surface area (Å²) in [4.78, 5) is 4.65. The number of rotatable bonds is 3. The van der Waals surface area contributed by atoms with Crippen molar-refractivity contribution in [3.63, 3.8) is 0 Å². The lowest BCUT2D eigenvalue weighted by Gasteiger charge is -2.36. The molecule has 3 heteroatoms. The third-order valence-corrected chi connectivity index (χ3v) is 4.26. The summed E-state index contributed by atoms with van der Waals surface area (Å²) < 4.78 is 0. The first-order chi connectivity index (χ1) is 11.7. The molecule has 0 radical (unpaired) electrons. The summed E-state index contributed by atoms with van der Waals surface area (Å²) in [6, 6.07) is 18.9. The minimum absolute atomic E-state index is 0.652. The molecule has 0 bridgehead atoms. The van der Waals surface area contributed by atoms with E-state index in [0.717, 1.165) is 38.3 Å². The van der Waals surface area contributed by atoms with Crippen LogP contribution in [0.3, 0.4) is 0 Å². The minimum Gasteiger partial charge on any atom is -0.354 e. The molecule has 1 aliphatic rings. The average molecular weight is 323 g/mol. The van der Waals surface area contributed by atoms with Gasteiger partial charge in [-0.1, -0.05) is 74.0 Å². The Morgan fingerprint density at radius 2 is 1.46 bits per heavy atom. The molecule has 0 spiro atoms. The molecular weight excluding hydrogens is 294 g/mol. The predicted molar refractivity (Wildman–Crippen MR) is 103 cm³/mol. The SMILES string of the molecule is CC.Cc1ccc(C(=N)N2CCN(Cc3ccccc3)CC2)cc1. The Hall–Kier alpha value is -2.13. The van der Waals surface area contributed by atoms with E-state index in [1.54, 1.807) is 0 Å².